The lowest BCUT2D eigenvalue weighted by Gasteiger charge is -2.31. The molecule has 2 saturated heterocycles. The molecule has 0 unspecified atom stereocenters. The largest absolute Gasteiger partial charge is 0.490 e. The van der Waals surface area contributed by atoms with Gasteiger partial charge >= 0.3 is 12.1 Å². The number of halogens is 3. The standard InChI is InChI=1S/C20H28N4O2S.C2HF3O2/c1-27(25,26)18-5-2-4-17(14-18)19-15-24(13-12-23-10-3-11-23)20(22-19)16-6-8-21-9-7-16;3-2(4,5)1(6)7/h2,4-5,14-16,21H,3,6-13H2,1H3;(H,6,7). The van der Waals surface area contributed by atoms with Crippen LogP contribution in [0.2, 0.25) is 0 Å². The molecular weight excluding hydrogens is 473 g/mol. The molecule has 2 fully saturated rings. The van der Waals surface area contributed by atoms with Gasteiger partial charge in [-0.2, -0.15) is 13.2 Å². The number of nitrogens with one attached hydrogen (secondary N) is 1. The van der Waals surface area contributed by atoms with E-state index in [0.29, 0.717) is 10.8 Å². The third-order valence-corrected chi connectivity index (χ3v) is 7.03. The summed E-state index contributed by atoms with van der Waals surface area (Å²) in [6.07, 6.45) is 1.78. The van der Waals surface area contributed by atoms with E-state index in [9.17, 15) is 21.6 Å². The van der Waals surface area contributed by atoms with Crippen molar-refractivity contribution in [2.45, 2.75) is 42.8 Å². The van der Waals surface area contributed by atoms with Crippen LogP contribution >= 0.6 is 0 Å². The lowest BCUT2D eigenvalue weighted by molar-refractivity contribution is -0.192. The molecular formula is C22H29F3N4O4S. The number of aromatic nitrogens is 2. The zero-order chi connectivity index (χ0) is 24.9. The SMILES string of the molecule is CS(=O)(=O)c1cccc(-c2cn(CCN3CCC3)c(C3CCNCC3)n2)c1.O=C(O)C(F)(F)F. The van der Waals surface area contributed by atoms with Gasteiger partial charge in [0, 0.05) is 37.0 Å². The summed E-state index contributed by atoms with van der Waals surface area (Å²) in [5, 5.41) is 10.5. The van der Waals surface area contributed by atoms with Gasteiger partial charge in [-0.15, -0.1) is 0 Å². The van der Waals surface area contributed by atoms with Crippen LogP contribution in [-0.2, 0) is 21.2 Å². The summed E-state index contributed by atoms with van der Waals surface area (Å²) in [4.78, 5) is 16.7. The molecule has 188 valence electrons. The summed E-state index contributed by atoms with van der Waals surface area (Å²) < 4.78 is 57.9. The van der Waals surface area contributed by atoms with Gasteiger partial charge in [0.1, 0.15) is 5.82 Å². The number of carbonyl (C=O) groups is 1. The highest BCUT2D eigenvalue weighted by Crippen LogP contribution is 2.29. The predicted octanol–water partition coefficient (Wildman–Crippen LogP) is 2.76. The fourth-order valence-electron chi connectivity index (χ4n) is 3.89. The number of piperidine rings is 1. The average Bonchev–Trinajstić information content (AvgIpc) is 3.17. The normalized spacial score (nSPS) is 17.5. The second kappa shape index (κ2) is 10.9. The molecule has 3 heterocycles. The van der Waals surface area contributed by atoms with E-state index in [1.807, 2.05) is 6.07 Å². The number of likely N-dealkylation sites (tertiary alicyclic amines) is 1. The number of nitrogens with zero attached hydrogens (tertiary/aromatic N) is 3. The van der Waals surface area contributed by atoms with Gasteiger partial charge < -0.3 is 19.9 Å². The summed E-state index contributed by atoms with van der Waals surface area (Å²) in [5.74, 6) is -1.14. The summed E-state index contributed by atoms with van der Waals surface area (Å²) in [7, 11) is -3.22. The van der Waals surface area contributed by atoms with Gasteiger partial charge in [0.2, 0.25) is 0 Å². The maximum absolute atomic E-state index is 11.9. The first-order chi connectivity index (χ1) is 15.9. The Kier molecular flexibility index (Phi) is 8.37. The Morgan fingerprint density at radius 3 is 2.38 bits per heavy atom. The number of benzene rings is 1. The van der Waals surface area contributed by atoms with Crippen molar-refractivity contribution < 1.29 is 31.5 Å². The summed E-state index contributed by atoms with van der Waals surface area (Å²) in [6.45, 7) is 6.45. The van der Waals surface area contributed by atoms with Crippen LogP contribution < -0.4 is 5.32 Å². The highest BCUT2D eigenvalue weighted by atomic mass is 32.2. The number of carboxylic acid groups (broad SMARTS) is 1. The maximum Gasteiger partial charge on any atom is 0.490 e. The van der Waals surface area contributed by atoms with Gasteiger partial charge in [-0.25, -0.2) is 18.2 Å². The predicted molar refractivity (Wildman–Crippen MR) is 120 cm³/mol. The first-order valence-electron chi connectivity index (χ1n) is 11.1. The molecule has 2 aliphatic rings. The van der Waals surface area contributed by atoms with Gasteiger partial charge in [0.25, 0.3) is 0 Å². The Morgan fingerprint density at radius 2 is 1.85 bits per heavy atom. The molecule has 2 aliphatic heterocycles. The fourth-order valence-corrected chi connectivity index (χ4v) is 4.56. The molecule has 34 heavy (non-hydrogen) atoms. The first kappa shape index (κ1) is 26.2. The Bertz CT molecular complexity index is 1090. The molecule has 0 saturated carbocycles. The highest BCUT2D eigenvalue weighted by Gasteiger charge is 2.38. The van der Waals surface area contributed by atoms with Crippen molar-refractivity contribution in [1.29, 1.82) is 0 Å². The summed E-state index contributed by atoms with van der Waals surface area (Å²) >= 11 is 0. The van der Waals surface area contributed by atoms with Gasteiger partial charge in [-0.05, 0) is 57.6 Å². The molecule has 1 aromatic heterocycles. The fraction of sp³-hybridized carbons (Fsp3) is 0.545. The van der Waals surface area contributed by atoms with Crippen LogP contribution in [-0.4, -0.2) is 79.1 Å². The minimum atomic E-state index is -5.08. The second-order valence-electron chi connectivity index (χ2n) is 8.50. The van der Waals surface area contributed by atoms with E-state index in [4.69, 9.17) is 14.9 Å². The van der Waals surface area contributed by atoms with E-state index >= 15 is 0 Å². The Morgan fingerprint density at radius 1 is 1.21 bits per heavy atom. The van der Waals surface area contributed by atoms with Crippen molar-refractivity contribution in [3.05, 3.63) is 36.3 Å². The van der Waals surface area contributed by atoms with Gasteiger partial charge in [0.15, 0.2) is 9.84 Å². The molecule has 8 nitrogen and oxygen atoms in total. The zero-order valence-corrected chi connectivity index (χ0v) is 19.7. The molecule has 0 atom stereocenters. The molecule has 2 aromatic rings. The summed E-state index contributed by atoms with van der Waals surface area (Å²) in [6, 6.07) is 7.13. The molecule has 0 radical (unpaired) electrons. The maximum atomic E-state index is 11.9. The van der Waals surface area contributed by atoms with Gasteiger partial charge in [-0.1, -0.05) is 12.1 Å². The second-order valence-corrected chi connectivity index (χ2v) is 10.5. The van der Waals surface area contributed by atoms with Crippen LogP contribution in [0.4, 0.5) is 13.2 Å². The number of sulfone groups is 1. The van der Waals surface area contributed by atoms with Crippen LogP contribution in [0.15, 0.2) is 35.4 Å². The number of hydrogen-bond donors (Lipinski definition) is 2. The van der Waals surface area contributed by atoms with Crippen molar-refractivity contribution in [1.82, 2.24) is 19.8 Å². The van der Waals surface area contributed by atoms with E-state index in [2.05, 4.69) is 21.0 Å². The lowest BCUT2D eigenvalue weighted by atomic mass is 9.97. The molecule has 0 spiro atoms. The van der Waals surface area contributed by atoms with E-state index in [0.717, 1.165) is 56.1 Å². The number of alkyl halides is 3. The average molecular weight is 503 g/mol. The Labute approximate surface area is 196 Å². The molecule has 1 aromatic carbocycles. The third-order valence-electron chi connectivity index (χ3n) is 5.92. The lowest BCUT2D eigenvalue weighted by Crippen LogP contribution is -2.39. The third kappa shape index (κ3) is 7.03. The van der Waals surface area contributed by atoms with Crippen molar-refractivity contribution in [2.75, 3.05) is 39.0 Å². The Balaban J connectivity index is 0.000000406. The number of hydrogen-bond acceptors (Lipinski definition) is 6. The number of carboxylic acids is 1. The molecule has 4 rings (SSSR count). The smallest absolute Gasteiger partial charge is 0.475 e. The van der Waals surface area contributed by atoms with Crippen LogP contribution in [0.5, 0.6) is 0 Å². The van der Waals surface area contributed by atoms with Gasteiger partial charge in [-0.3, -0.25) is 0 Å². The first-order valence-corrected chi connectivity index (χ1v) is 12.9. The monoisotopic (exact) mass is 502 g/mol. The Hall–Kier alpha value is -2.44. The highest BCUT2D eigenvalue weighted by molar-refractivity contribution is 7.90. The minimum absolute atomic E-state index is 0.346. The van der Waals surface area contributed by atoms with E-state index in [1.165, 1.54) is 25.8 Å². The van der Waals surface area contributed by atoms with Crippen LogP contribution in [0, 0.1) is 0 Å². The van der Waals surface area contributed by atoms with Crippen LogP contribution in [0.1, 0.15) is 31.0 Å². The molecule has 0 amide bonds. The van der Waals surface area contributed by atoms with Gasteiger partial charge in [0.05, 0.1) is 10.6 Å². The molecule has 12 heteroatoms. The number of aliphatic carboxylic acids is 1. The van der Waals surface area contributed by atoms with E-state index < -0.39 is 22.0 Å². The van der Waals surface area contributed by atoms with Crippen molar-refractivity contribution in [2.24, 2.45) is 0 Å². The quantitative estimate of drug-likeness (QED) is 0.626. The molecule has 0 bridgehead atoms. The van der Waals surface area contributed by atoms with E-state index in [1.54, 1.807) is 18.2 Å². The number of rotatable bonds is 6. The molecule has 0 aliphatic carbocycles. The van der Waals surface area contributed by atoms with Crippen molar-refractivity contribution in [3.8, 4) is 11.3 Å². The van der Waals surface area contributed by atoms with Crippen molar-refractivity contribution in [3.63, 3.8) is 0 Å². The van der Waals surface area contributed by atoms with Crippen LogP contribution in [0.3, 0.4) is 0 Å². The number of imidazole rings is 1. The topological polar surface area (TPSA) is 105 Å². The zero-order valence-electron chi connectivity index (χ0n) is 18.9. The molecule has 2 N–H and O–H groups in total. The minimum Gasteiger partial charge on any atom is -0.475 e. The van der Waals surface area contributed by atoms with Crippen molar-refractivity contribution >= 4 is 15.8 Å². The summed E-state index contributed by atoms with van der Waals surface area (Å²) in [5.41, 5.74) is 1.74. The van der Waals surface area contributed by atoms with Crippen LogP contribution in [0.25, 0.3) is 11.3 Å². The van der Waals surface area contributed by atoms with E-state index in [-0.39, 0.29) is 0 Å².